The molecule has 1 aliphatic rings. The molecule has 1 saturated heterocycles. The second-order valence-corrected chi connectivity index (χ2v) is 6.22. The number of ether oxygens (including phenoxy) is 1. The molecule has 0 N–H and O–H groups in total. The van der Waals surface area contributed by atoms with Gasteiger partial charge in [-0.25, -0.2) is 4.98 Å². The molecule has 5 heteroatoms. The van der Waals surface area contributed by atoms with Crippen LogP contribution in [0.3, 0.4) is 0 Å². The molecule has 1 aromatic heterocycles. The fourth-order valence-electron chi connectivity index (χ4n) is 3.07. The maximum Gasteiger partial charge on any atom is 0.254 e. The van der Waals surface area contributed by atoms with Gasteiger partial charge in [0, 0.05) is 49.2 Å². The highest BCUT2D eigenvalue weighted by molar-refractivity contribution is 5.94. The van der Waals surface area contributed by atoms with E-state index in [9.17, 15) is 4.79 Å². The minimum Gasteiger partial charge on any atom is -0.481 e. The van der Waals surface area contributed by atoms with E-state index in [1.54, 1.807) is 25.4 Å². The molecule has 1 atom stereocenters. The molecule has 2 aromatic rings. The Kier molecular flexibility index (Phi) is 4.69. The third-order valence-corrected chi connectivity index (χ3v) is 4.48. The molecule has 0 spiro atoms. The monoisotopic (exact) mass is 325 g/mol. The van der Waals surface area contributed by atoms with Crippen molar-refractivity contribution in [2.45, 2.75) is 19.9 Å². The smallest absolute Gasteiger partial charge is 0.254 e. The number of amides is 1. The molecule has 24 heavy (non-hydrogen) atoms. The van der Waals surface area contributed by atoms with Crippen molar-refractivity contribution in [3.05, 3.63) is 53.7 Å². The van der Waals surface area contributed by atoms with Gasteiger partial charge in [-0.1, -0.05) is 17.7 Å². The van der Waals surface area contributed by atoms with Gasteiger partial charge in [-0.2, -0.15) is 0 Å². The first kappa shape index (κ1) is 16.3. The largest absolute Gasteiger partial charge is 0.481 e. The van der Waals surface area contributed by atoms with E-state index in [1.165, 1.54) is 11.3 Å². The van der Waals surface area contributed by atoms with Gasteiger partial charge in [0.2, 0.25) is 5.88 Å². The van der Waals surface area contributed by atoms with Crippen LogP contribution in [0.1, 0.15) is 22.8 Å². The van der Waals surface area contributed by atoms with E-state index in [1.807, 2.05) is 4.90 Å². The molecule has 0 unspecified atom stereocenters. The molecule has 1 aromatic carbocycles. The molecule has 3 rings (SSSR count). The minimum absolute atomic E-state index is 0.0340. The van der Waals surface area contributed by atoms with Crippen LogP contribution < -0.4 is 9.64 Å². The molecule has 0 saturated carbocycles. The number of aryl methyl sites for hydroxylation is 1. The standard InChI is InChI=1S/C19H23N3O2/c1-14-4-6-17(7-5-14)21-10-11-22(15(2)13-21)19(23)16-8-9-20-18(12-16)24-3/h4-9,12,15H,10-11,13H2,1-3H3/t15-/m0/s1. The first-order chi connectivity index (χ1) is 11.6. The van der Waals surface area contributed by atoms with Gasteiger partial charge in [-0.3, -0.25) is 4.79 Å². The first-order valence-electron chi connectivity index (χ1n) is 8.21. The number of pyridine rings is 1. The van der Waals surface area contributed by atoms with Crippen LogP contribution in [0.5, 0.6) is 5.88 Å². The van der Waals surface area contributed by atoms with Gasteiger partial charge in [-0.15, -0.1) is 0 Å². The second-order valence-electron chi connectivity index (χ2n) is 6.22. The molecule has 1 fully saturated rings. The molecule has 2 heterocycles. The van der Waals surface area contributed by atoms with Gasteiger partial charge in [0.05, 0.1) is 7.11 Å². The molecule has 1 aliphatic heterocycles. The summed E-state index contributed by atoms with van der Waals surface area (Å²) in [5, 5.41) is 0. The van der Waals surface area contributed by atoms with Crippen molar-refractivity contribution >= 4 is 11.6 Å². The summed E-state index contributed by atoms with van der Waals surface area (Å²) in [5.41, 5.74) is 3.09. The number of piperazine rings is 1. The summed E-state index contributed by atoms with van der Waals surface area (Å²) in [4.78, 5) is 21.1. The van der Waals surface area contributed by atoms with Crippen LogP contribution in [0, 0.1) is 6.92 Å². The van der Waals surface area contributed by atoms with E-state index in [2.05, 4.69) is 48.0 Å². The van der Waals surface area contributed by atoms with Crippen molar-refractivity contribution in [1.29, 1.82) is 0 Å². The number of carbonyl (C=O) groups excluding carboxylic acids is 1. The van der Waals surface area contributed by atoms with E-state index in [0.717, 1.165) is 13.1 Å². The highest BCUT2D eigenvalue weighted by Crippen LogP contribution is 2.21. The summed E-state index contributed by atoms with van der Waals surface area (Å²) in [6.07, 6.45) is 1.61. The van der Waals surface area contributed by atoms with Crippen LogP contribution in [0.4, 0.5) is 5.69 Å². The maximum atomic E-state index is 12.8. The van der Waals surface area contributed by atoms with Crippen molar-refractivity contribution in [2.24, 2.45) is 0 Å². The average Bonchev–Trinajstić information content (AvgIpc) is 2.62. The van der Waals surface area contributed by atoms with Crippen LogP contribution in [-0.2, 0) is 0 Å². The van der Waals surface area contributed by atoms with Gasteiger partial charge in [0.15, 0.2) is 0 Å². The zero-order valence-corrected chi connectivity index (χ0v) is 14.4. The maximum absolute atomic E-state index is 12.8. The number of hydrogen-bond acceptors (Lipinski definition) is 4. The number of methoxy groups -OCH3 is 1. The van der Waals surface area contributed by atoms with Crippen molar-refractivity contribution in [2.75, 3.05) is 31.6 Å². The van der Waals surface area contributed by atoms with Crippen molar-refractivity contribution in [3.63, 3.8) is 0 Å². The van der Waals surface area contributed by atoms with Crippen molar-refractivity contribution in [3.8, 4) is 5.88 Å². The Morgan fingerprint density at radius 3 is 2.62 bits per heavy atom. The third kappa shape index (κ3) is 3.35. The Bertz CT molecular complexity index is 715. The number of anilines is 1. The molecule has 0 aliphatic carbocycles. The van der Waals surface area contributed by atoms with Gasteiger partial charge >= 0.3 is 0 Å². The number of benzene rings is 1. The fourth-order valence-corrected chi connectivity index (χ4v) is 3.07. The Balaban J connectivity index is 1.71. The van der Waals surface area contributed by atoms with Gasteiger partial charge < -0.3 is 14.5 Å². The Morgan fingerprint density at radius 1 is 1.21 bits per heavy atom. The van der Waals surface area contributed by atoms with E-state index in [0.29, 0.717) is 18.0 Å². The minimum atomic E-state index is 0.0340. The van der Waals surface area contributed by atoms with Crippen LogP contribution in [0.15, 0.2) is 42.6 Å². The second kappa shape index (κ2) is 6.91. The molecular formula is C19H23N3O2. The van der Waals surface area contributed by atoms with Crippen LogP contribution in [0.2, 0.25) is 0 Å². The Hall–Kier alpha value is -2.56. The molecule has 5 nitrogen and oxygen atoms in total. The normalized spacial score (nSPS) is 17.7. The van der Waals surface area contributed by atoms with Gasteiger partial charge in [0.25, 0.3) is 5.91 Å². The summed E-state index contributed by atoms with van der Waals surface area (Å²) < 4.78 is 5.11. The van der Waals surface area contributed by atoms with Gasteiger partial charge in [0.1, 0.15) is 0 Å². The predicted octanol–water partition coefficient (Wildman–Crippen LogP) is 2.75. The molecule has 126 valence electrons. The summed E-state index contributed by atoms with van der Waals surface area (Å²) in [6.45, 7) is 6.56. The number of aromatic nitrogens is 1. The molecule has 0 radical (unpaired) electrons. The highest BCUT2D eigenvalue weighted by atomic mass is 16.5. The number of rotatable bonds is 3. The van der Waals surface area contributed by atoms with Crippen molar-refractivity contribution in [1.82, 2.24) is 9.88 Å². The fraction of sp³-hybridized carbons (Fsp3) is 0.368. The molecule has 0 bridgehead atoms. The summed E-state index contributed by atoms with van der Waals surface area (Å²) in [7, 11) is 1.56. The number of hydrogen-bond donors (Lipinski definition) is 0. The third-order valence-electron chi connectivity index (χ3n) is 4.48. The lowest BCUT2D eigenvalue weighted by molar-refractivity contribution is 0.0673. The van der Waals surface area contributed by atoms with Crippen LogP contribution >= 0.6 is 0 Å². The lowest BCUT2D eigenvalue weighted by atomic mass is 10.1. The SMILES string of the molecule is COc1cc(C(=O)N2CCN(c3ccc(C)cc3)C[C@@H]2C)ccn1. The van der Waals surface area contributed by atoms with Crippen LogP contribution in [-0.4, -0.2) is 48.6 Å². The predicted molar refractivity (Wildman–Crippen MR) is 94.7 cm³/mol. The van der Waals surface area contributed by atoms with Crippen molar-refractivity contribution < 1.29 is 9.53 Å². The Morgan fingerprint density at radius 2 is 1.96 bits per heavy atom. The topological polar surface area (TPSA) is 45.7 Å². The lowest BCUT2D eigenvalue weighted by Gasteiger charge is -2.41. The summed E-state index contributed by atoms with van der Waals surface area (Å²) in [5.74, 6) is 0.499. The zero-order chi connectivity index (χ0) is 17.1. The molecular weight excluding hydrogens is 302 g/mol. The summed E-state index contributed by atoms with van der Waals surface area (Å²) >= 11 is 0. The number of carbonyl (C=O) groups is 1. The lowest BCUT2D eigenvalue weighted by Crippen LogP contribution is -2.54. The van der Waals surface area contributed by atoms with E-state index in [4.69, 9.17) is 4.74 Å². The van der Waals surface area contributed by atoms with Gasteiger partial charge in [-0.05, 0) is 32.0 Å². The van der Waals surface area contributed by atoms with E-state index in [-0.39, 0.29) is 11.9 Å². The van der Waals surface area contributed by atoms with E-state index >= 15 is 0 Å². The molecule has 1 amide bonds. The highest BCUT2D eigenvalue weighted by Gasteiger charge is 2.28. The van der Waals surface area contributed by atoms with E-state index < -0.39 is 0 Å². The zero-order valence-electron chi connectivity index (χ0n) is 14.4. The Labute approximate surface area is 142 Å². The summed E-state index contributed by atoms with van der Waals surface area (Å²) in [6, 6.07) is 12.1. The average molecular weight is 325 g/mol. The quantitative estimate of drug-likeness (QED) is 0.870. The first-order valence-corrected chi connectivity index (χ1v) is 8.21. The van der Waals surface area contributed by atoms with Crippen LogP contribution in [0.25, 0.3) is 0 Å². The number of nitrogens with zero attached hydrogens (tertiary/aromatic N) is 3.